The molecule has 2 aromatic rings. The molecule has 1 heterocycles. The molecule has 1 aromatic carbocycles. The van der Waals surface area contributed by atoms with E-state index in [4.69, 9.17) is 5.73 Å². The van der Waals surface area contributed by atoms with Gasteiger partial charge in [-0.25, -0.2) is 4.39 Å². The maximum Gasteiger partial charge on any atom is 0.251 e. The third-order valence-corrected chi connectivity index (χ3v) is 2.61. The monoisotopic (exact) mass is 248 g/mol. The molecule has 6 heteroatoms. The van der Waals surface area contributed by atoms with Crippen LogP contribution in [-0.4, -0.2) is 15.7 Å². The summed E-state index contributed by atoms with van der Waals surface area (Å²) in [5.74, 6) is -0.143. The number of aryl methyl sites for hydroxylation is 1. The third-order valence-electron chi connectivity index (χ3n) is 2.61. The molecule has 2 rings (SSSR count). The van der Waals surface area contributed by atoms with Gasteiger partial charge in [0.05, 0.1) is 6.20 Å². The number of aromatic nitrogens is 2. The molecular formula is C12H13FN4O. The van der Waals surface area contributed by atoms with Crippen LogP contribution >= 0.6 is 0 Å². The van der Waals surface area contributed by atoms with Crippen LogP contribution in [0.15, 0.2) is 30.5 Å². The summed E-state index contributed by atoms with van der Waals surface area (Å²) in [6, 6.07) is 5.34. The lowest BCUT2D eigenvalue weighted by atomic mass is 10.2. The van der Waals surface area contributed by atoms with Gasteiger partial charge in [0, 0.05) is 24.7 Å². The van der Waals surface area contributed by atoms with Gasteiger partial charge in [-0.2, -0.15) is 5.10 Å². The molecule has 0 fully saturated rings. The van der Waals surface area contributed by atoms with E-state index >= 15 is 0 Å². The number of amides is 1. The molecule has 1 aromatic heterocycles. The summed E-state index contributed by atoms with van der Waals surface area (Å²) in [6.45, 7) is 0.288. The van der Waals surface area contributed by atoms with Gasteiger partial charge in [0.25, 0.3) is 5.91 Å². The second kappa shape index (κ2) is 4.87. The zero-order valence-corrected chi connectivity index (χ0v) is 9.85. The van der Waals surface area contributed by atoms with Crippen LogP contribution in [0, 0.1) is 5.82 Å². The van der Waals surface area contributed by atoms with E-state index in [0.717, 1.165) is 5.56 Å². The number of rotatable bonds is 3. The van der Waals surface area contributed by atoms with Gasteiger partial charge in [-0.1, -0.05) is 0 Å². The molecule has 94 valence electrons. The van der Waals surface area contributed by atoms with Gasteiger partial charge in [-0.3, -0.25) is 9.48 Å². The van der Waals surface area contributed by atoms with Crippen molar-refractivity contribution < 1.29 is 9.18 Å². The molecule has 0 atom stereocenters. The van der Waals surface area contributed by atoms with Crippen molar-refractivity contribution >= 4 is 11.7 Å². The first-order valence-corrected chi connectivity index (χ1v) is 5.38. The molecule has 0 aliphatic rings. The molecule has 18 heavy (non-hydrogen) atoms. The fourth-order valence-electron chi connectivity index (χ4n) is 1.51. The predicted molar refractivity (Wildman–Crippen MR) is 65.2 cm³/mol. The number of nitrogens with two attached hydrogens (primary N) is 1. The molecule has 0 spiro atoms. The summed E-state index contributed by atoms with van der Waals surface area (Å²) in [7, 11) is 1.72. The lowest BCUT2D eigenvalue weighted by Crippen LogP contribution is -2.23. The molecular weight excluding hydrogens is 235 g/mol. The Bertz CT molecular complexity index is 562. The SMILES string of the molecule is Cn1ncc(CNC(=O)c2ccc(F)cc2)c1N. The van der Waals surface area contributed by atoms with Crippen LogP contribution < -0.4 is 11.1 Å². The Hall–Kier alpha value is -2.37. The van der Waals surface area contributed by atoms with Crippen molar-refractivity contribution in [3.8, 4) is 0 Å². The number of nitrogens with one attached hydrogen (secondary N) is 1. The number of benzene rings is 1. The van der Waals surface area contributed by atoms with E-state index in [1.54, 1.807) is 13.2 Å². The molecule has 5 nitrogen and oxygen atoms in total. The average Bonchev–Trinajstić information content (AvgIpc) is 2.68. The number of hydrogen-bond acceptors (Lipinski definition) is 3. The second-order valence-corrected chi connectivity index (χ2v) is 3.87. The highest BCUT2D eigenvalue weighted by Crippen LogP contribution is 2.09. The standard InChI is InChI=1S/C12H13FN4O/c1-17-11(14)9(7-16-17)6-15-12(18)8-2-4-10(13)5-3-8/h2-5,7H,6,14H2,1H3,(H,15,18). The number of hydrogen-bond donors (Lipinski definition) is 2. The smallest absolute Gasteiger partial charge is 0.251 e. The van der Waals surface area contributed by atoms with Crippen molar-refractivity contribution in [2.45, 2.75) is 6.54 Å². The molecule has 0 bridgehead atoms. The maximum atomic E-state index is 12.7. The highest BCUT2D eigenvalue weighted by atomic mass is 19.1. The zero-order chi connectivity index (χ0) is 13.1. The number of nitrogen functional groups attached to an aromatic ring is 1. The topological polar surface area (TPSA) is 72.9 Å². The number of halogens is 1. The first kappa shape index (κ1) is 12.1. The minimum atomic E-state index is -0.372. The van der Waals surface area contributed by atoms with Gasteiger partial charge in [0.2, 0.25) is 0 Å². The number of carbonyl (C=O) groups excluding carboxylic acids is 1. The highest BCUT2D eigenvalue weighted by molar-refractivity contribution is 5.94. The van der Waals surface area contributed by atoms with Gasteiger partial charge in [0.1, 0.15) is 11.6 Å². The van der Waals surface area contributed by atoms with Crippen molar-refractivity contribution in [2.24, 2.45) is 7.05 Å². The highest BCUT2D eigenvalue weighted by Gasteiger charge is 2.08. The van der Waals surface area contributed by atoms with Crippen molar-refractivity contribution in [3.05, 3.63) is 47.4 Å². The summed E-state index contributed by atoms with van der Waals surface area (Å²) in [6.07, 6.45) is 1.60. The molecule has 0 unspecified atom stereocenters. The number of nitrogens with zero attached hydrogens (tertiary/aromatic N) is 2. The summed E-state index contributed by atoms with van der Waals surface area (Å²) in [5, 5.41) is 6.66. The number of anilines is 1. The lowest BCUT2D eigenvalue weighted by Gasteiger charge is -2.04. The van der Waals surface area contributed by atoms with Crippen LogP contribution in [0.3, 0.4) is 0 Å². The Morgan fingerprint density at radius 3 is 2.67 bits per heavy atom. The quantitative estimate of drug-likeness (QED) is 0.853. The number of carbonyl (C=O) groups is 1. The van der Waals surface area contributed by atoms with Gasteiger partial charge in [-0.15, -0.1) is 0 Å². The Balaban J connectivity index is 2.00. The summed E-state index contributed by atoms with van der Waals surface area (Å²) in [5.41, 5.74) is 6.89. The van der Waals surface area contributed by atoms with Crippen molar-refractivity contribution in [1.29, 1.82) is 0 Å². The lowest BCUT2D eigenvalue weighted by molar-refractivity contribution is 0.0951. The van der Waals surface area contributed by atoms with Crippen molar-refractivity contribution in [1.82, 2.24) is 15.1 Å². The summed E-state index contributed by atoms with van der Waals surface area (Å²) >= 11 is 0. The van der Waals surface area contributed by atoms with Gasteiger partial charge >= 0.3 is 0 Å². The Labute approximate surface area is 103 Å². The molecule has 0 radical (unpaired) electrons. The molecule has 0 aliphatic heterocycles. The zero-order valence-electron chi connectivity index (χ0n) is 9.85. The first-order chi connectivity index (χ1) is 8.58. The molecule has 3 N–H and O–H groups in total. The Morgan fingerprint density at radius 2 is 2.11 bits per heavy atom. The van der Waals surface area contributed by atoms with E-state index in [1.165, 1.54) is 28.9 Å². The predicted octanol–water partition coefficient (Wildman–Crippen LogP) is 1.07. The summed E-state index contributed by atoms with van der Waals surface area (Å²) < 4.78 is 14.2. The van der Waals surface area contributed by atoms with E-state index in [-0.39, 0.29) is 18.3 Å². The Morgan fingerprint density at radius 1 is 1.44 bits per heavy atom. The van der Waals surface area contributed by atoms with E-state index in [2.05, 4.69) is 10.4 Å². The maximum absolute atomic E-state index is 12.7. The van der Waals surface area contributed by atoms with E-state index < -0.39 is 0 Å². The third kappa shape index (κ3) is 2.48. The Kier molecular flexibility index (Phi) is 3.27. The van der Waals surface area contributed by atoms with Crippen LogP contribution in [0.5, 0.6) is 0 Å². The van der Waals surface area contributed by atoms with E-state index in [9.17, 15) is 9.18 Å². The molecule has 0 saturated heterocycles. The normalized spacial score (nSPS) is 10.3. The second-order valence-electron chi connectivity index (χ2n) is 3.87. The van der Waals surface area contributed by atoms with Gasteiger partial charge in [-0.05, 0) is 24.3 Å². The van der Waals surface area contributed by atoms with E-state index in [0.29, 0.717) is 11.4 Å². The fourth-order valence-corrected chi connectivity index (χ4v) is 1.51. The first-order valence-electron chi connectivity index (χ1n) is 5.38. The van der Waals surface area contributed by atoms with Gasteiger partial charge < -0.3 is 11.1 Å². The fraction of sp³-hybridized carbons (Fsp3) is 0.167. The minimum Gasteiger partial charge on any atom is -0.384 e. The van der Waals surface area contributed by atoms with Crippen molar-refractivity contribution in [3.63, 3.8) is 0 Å². The van der Waals surface area contributed by atoms with Crippen LogP contribution in [0.1, 0.15) is 15.9 Å². The van der Waals surface area contributed by atoms with E-state index in [1.807, 2.05) is 0 Å². The molecule has 1 amide bonds. The van der Waals surface area contributed by atoms with Crippen LogP contribution in [-0.2, 0) is 13.6 Å². The largest absolute Gasteiger partial charge is 0.384 e. The van der Waals surface area contributed by atoms with Crippen molar-refractivity contribution in [2.75, 3.05) is 5.73 Å². The average molecular weight is 248 g/mol. The van der Waals surface area contributed by atoms with Gasteiger partial charge in [0.15, 0.2) is 0 Å². The molecule has 0 saturated carbocycles. The van der Waals surface area contributed by atoms with Crippen LogP contribution in [0.25, 0.3) is 0 Å². The molecule has 0 aliphatic carbocycles. The van der Waals surface area contributed by atoms with Crippen LogP contribution in [0.4, 0.5) is 10.2 Å². The minimum absolute atomic E-state index is 0.279. The summed E-state index contributed by atoms with van der Waals surface area (Å²) in [4.78, 5) is 11.7. The van der Waals surface area contributed by atoms with Crippen LogP contribution in [0.2, 0.25) is 0 Å².